The maximum absolute atomic E-state index is 2.30. The van der Waals surface area contributed by atoms with Crippen molar-refractivity contribution in [2.24, 2.45) is 0 Å². The summed E-state index contributed by atoms with van der Waals surface area (Å²) >= 11 is 0. The maximum atomic E-state index is 2.30. The van der Waals surface area contributed by atoms with E-state index in [2.05, 4.69) is 218 Å². The minimum absolute atomic E-state index is 1.10. The fourth-order valence-electron chi connectivity index (χ4n) is 5.32. The molecule has 48 heavy (non-hydrogen) atoms. The molecule has 1 nitrogen and oxygen atoms in total. The van der Waals surface area contributed by atoms with Crippen LogP contribution in [0, 0.1) is 6.92 Å². The number of hydrogen-bond donors (Lipinski definition) is 0. The molecule has 0 unspecified atom stereocenters. The van der Waals surface area contributed by atoms with Crippen LogP contribution in [0.25, 0.3) is 36.5 Å². The molecule has 0 fully saturated rings. The molecule has 6 aromatic rings. The molecule has 0 bridgehead atoms. The predicted molar refractivity (Wildman–Crippen MR) is 210 cm³/mol. The van der Waals surface area contributed by atoms with Crippen LogP contribution in [0.15, 0.2) is 182 Å². The monoisotopic (exact) mass is 617 g/mol. The molecule has 0 heterocycles. The van der Waals surface area contributed by atoms with Gasteiger partial charge >= 0.3 is 0 Å². The molecular weight excluding hydrogens is 579 g/mol. The van der Waals surface area contributed by atoms with Gasteiger partial charge in [-0.3, -0.25) is 0 Å². The van der Waals surface area contributed by atoms with E-state index in [0.29, 0.717) is 0 Å². The molecule has 1 heteroatoms. The molecule has 0 aliphatic rings. The first-order valence-electron chi connectivity index (χ1n) is 16.3. The van der Waals surface area contributed by atoms with Crippen molar-refractivity contribution in [1.82, 2.24) is 0 Å². The van der Waals surface area contributed by atoms with Crippen LogP contribution < -0.4 is 4.90 Å². The van der Waals surface area contributed by atoms with Crippen molar-refractivity contribution in [1.29, 1.82) is 0 Å². The highest BCUT2D eigenvalue weighted by atomic mass is 15.1. The maximum Gasteiger partial charge on any atom is 0.0462 e. The highest BCUT2D eigenvalue weighted by Gasteiger charge is 2.12. The summed E-state index contributed by atoms with van der Waals surface area (Å²) in [5.41, 5.74) is 11.6. The largest absolute Gasteiger partial charge is 0.311 e. The van der Waals surface area contributed by atoms with Gasteiger partial charge in [-0.2, -0.15) is 0 Å². The zero-order chi connectivity index (χ0) is 32.8. The third-order valence-corrected chi connectivity index (χ3v) is 7.98. The van der Waals surface area contributed by atoms with E-state index in [9.17, 15) is 0 Å². The minimum Gasteiger partial charge on any atom is -0.311 e. The molecule has 0 N–H and O–H groups in total. The third-order valence-electron chi connectivity index (χ3n) is 7.98. The highest BCUT2D eigenvalue weighted by Crippen LogP contribution is 2.35. The second-order valence-electron chi connectivity index (χ2n) is 11.6. The molecular formula is C47H39N. The minimum atomic E-state index is 1.10. The van der Waals surface area contributed by atoms with E-state index in [-0.39, 0.29) is 0 Å². The summed E-state index contributed by atoms with van der Waals surface area (Å²) in [7, 11) is 0. The molecule has 6 aromatic carbocycles. The molecule has 0 aliphatic heterocycles. The van der Waals surface area contributed by atoms with Crippen LogP contribution in [0.3, 0.4) is 0 Å². The van der Waals surface area contributed by atoms with Crippen LogP contribution in [-0.4, -0.2) is 0 Å². The lowest BCUT2D eigenvalue weighted by Crippen LogP contribution is -2.09. The summed E-state index contributed by atoms with van der Waals surface area (Å²) in [6.07, 6.45) is 21.2. The van der Waals surface area contributed by atoms with Gasteiger partial charge in [0.2, 0.25) is 0 Å². The van der Waals surface area contributed by atoms with Crippen molar-refractivity contribution in [3.63, 3.8) is 0 Å². The van der Waals surface area contributed by atoms with E-state index < -0.39 is 0 Å². The van der Waals surface area contributed by atoms with Gasteiger partial charge in [-0.05, 0) is 76.7 Å². The zero-order valence-electron chi connectivity index (χ0n) is 27.2. The summed E-state index contributed by atoms with van der Waals surface area (Å²) in [6, 6.07) is 55.5. The number of nitrogens with zero attached hydrogens (tertiary/aromatic N) is 1. The lowest BCUT2D eigenvalue weighted by Gasteiger charge is -2.26. The first-order chi connectivity index (χ1) is 23.7. The van der Waals surface area contributed by atoms with E-state index in [0.717, 1.165) is 33.8 Å². The Balaban J connectivity index is 1.22. The predicted octanol–water partition coefficient (Wildman–Crippen LogP) is 13.1. The number of aryl methyl sites for hydroxylation is 1. The summed E-state index contributed by atoms with van der Waals surface area (Å²) in [4.78, 5) is 2.30. The summed E-state index contributed by atoms with van der Waals surface area (Å²) < 4.78 is 0. The Morgan fingerprint density at radius 3 is 0.896 bits per heavy atom. The Labute approximate surface area is 285 Å². The van der Waals surface area contributed by atoms with Crippen molar-refractivity contribution < 1.29 is 0 Å². The normalized spacial score (nSPS) is 11.9. The van der Waals surface area contributed by atoms with Crippen molar-refractivity contribution in [3.05, 3.63) is 221 Å². The fourth-order valence-corrected chi connectivity index (χ4v) is 5.32. The van der Waals surface area contributed by atoms with Crippen LogP contribution in [0.2, 0.25) is 0 Å². The summed E-state index contributed by atoms with van der Waals surface area (Å²) in [5, 5.41) is 0. The van der Waals surface area contributed by atoms with Crippen LogP contribution in [0.4, 0.5) is 17.1 Å². The Morgan fingerprint density at radius 2 is 0.562 bits per heavy atom. The summed E-state index contributed by atoms with van der Waals surface area (Å²) in [6.45, 7) is 2.11. The number of rotatable bonds is 11. The molecule has 6 rings (SSSR count). The van der Waals surface area contributed by atoms with E-state index in [4.69, 9.17) is 0 Å². The number of anilines is 3. The molecule has 0 radical (unpaired) electrons. The fraction of sp³-hybridized carbons (Fsp3) is 0.0213. The molecule has 0 spiro atoms. The van der Waals surface area contributed by atoms with Gasteiger partial charge < -0.3 is 4.90 Å². The van der Waals surface area contributed by atoms with Gasteiger partial charge in [0, 0.05) is 17.1 Å². The standard InChI is InChI=1S/C47H39N/c1-38-20-22-43(23-21-38)24-25-44-30-36-47(37-31-44)48(45-32-26-41(27-33-45)18-10-8-16-39-12-4-2-5-13-39)46-34-28-42(29-35-46)19-11-9-17-40-14-6-3-7-15-40/h2-37H,1H3/b16-8+,17-9+,18-10+,19-11+,25-24+. The molecule has 0 saturated heterocycles. The molecule has 0 atom stereocenters. The SMILES string of the molecule is Cc1ccc(/C=C/c2ccc(N(c3ccc(/C=C/C=C/c4ccccc4)cc3)c3ccc(/C=C/C=C/c4ccccc4)cc3)cc2)cc1. The topological polar surface area (TPSA) is 3.24 Å². The molecule has 232 valence electrons. The number of allylic oxidation sites excluding steroid dienone is 4. The first kappa shape index (κ1) is 31.8. The van der Waals surface area contributed by atoms with Crippen molar-refractivity contribution in [3.8, 4) is 0 Å². The van der Waals surface area contributed by atoms with Crippen LogP contribution in [0.5, 0.6) is 0 Å². The van der Waals surface area contributed by atoms with Gasteiger partial charge in [-0.25, -0.2) is 0 Å². The third kappa shape index (κ3) is 9.19. The quantitative estimate of drug-likeness (QED) is 0.103. The van der Waals surface area contributed by atoms with Crippen molar-refractivity contribution in [2.75, 3.05) is 4.90 Å². The summed E-state index contributed by atoms with van der Waals surface area (Å²) in [5.74, 6) is 0. The number of hydrogen-bond acceptors (Lipinski definition) is 1. The Morgan fingerprint density at radius 1 is 0.292 bits per heavy atom. The van der Waals surface area contributed by atoms with E-state index in [1.165, 1.54) is 22.3 Å². The van der Waals surface area contributed by atoms with Gasteiger partial charge in [0.1, 0.15) is 0 Å². The van der Waals surface area contributed by atoms with Crippen molar-refractivity contribution >= 4 is 53.5 Å². The van der Waals surface area contributed by atoms with Gasteiger partial charge in [0.05, 0.1) is 0 Å². The highest BCUT2D eigenvalue weighted by molar-refractivity contribution is 5.79. The molecule has 0 aliphatic carbocycles. The smallest absolute Gasteiger partial charge is 0.0462 e. The van der Waals surface area contributed by atoms with Crippen LogP contribution >= 0.6 is 0 Å². The second kappa shape index (κ2) is 16.4. The zero-order valence-corrected chi connectivity index (χ0v) is 27.2. The number of benzene rings is 6. The van der Waals surface area contributed by atoms with Gasteiger partial charge in [0.15, 0.2) is 0 Å². The lowest BCUT2D eigenvalue weighted by atomic mass is 10.1. The molecule has 0 aromatic heterocycles. The van der Waals surface area contributed by atoms with Gasteiger partial charge in [-0.1, -0.05) is 188 Å². The molecule has 0 amide bonds. The Kier molecular flexibility index (Phi) is 10.9. The molecule has 0 saturated carbocycles. The van der Waals surface area contributed by atoms with Crippen LogP contribution in [-0.2, 0) is 0 Å². The van der Waals surface area contributed by atoms with E-state index >= 15 is 0 Å². The lowest BCUT2D eigenvalue weighted by molar-refractivity contribution is 1.28. The Bertz CT molecular complexity index is 1910. The second-order valence-corrected chi connectivity index (χ2v) is 11.6. The van der Waals surface area contributed by atoms with E-state index in [1.807, 2.05) is 12.1 Å². The van der Waals surface area contributed by atoms with Gasteiger partial charge in [0.25, 0.3) is 0 Å². The van der Waals surface area contributed by atoms with Crippen molar-refractivity contribution in [2.45, 2.75) is 6.92 Å². The van der Waals surface area contributed by atoms with Crippen LogP contribution in [0.1, 0.15) is 38.9 Å². The Hall–Kier alpha value is -6.18. The average Bonchev–Trinajstić information content (AvgIpc) is 3.14. The first-order valence-corrected chi connectivity index (χ1v) is 16.3. The average molecular weight is 618 g/mol. The van der Waals surface area contributed by atoms with Gasteiger partial charge in [-0.15, -0.1) is 0 Å². The van der Waals surface area contributed by atoms with E-state index in [1.54, 1.807) is 0 Å².